The first-order chi connectivity index (χ1) is 60.0. The van der Waals surface area contributed by atoms with Gasteiger partial charge in [-0.25, -0.2) is 0 Å². The molecule has 0 aromatic heterocycles. The summed E-state index contributed by atoms with van der Waals surface area (Å²) in [5.41, 5.74) is 46.5. The standard InChI is InChI=1S/C88H167N23O16/c1-52(2)46-67(105-79(118)64(34-19-26-42-93)101-76(115)61(98-59(14)112)31-16-23-39-90)81(120)97-58(13)75(114)100-62(32-17-24-40-91)78(117)106-70(49-55(7)8)86(125)109-69(48-54(5)6)83(122)102-63(33-18-25-41-92)77(116)104-66(36-21-28-44-95)88(127)111-45-29-37-73(111)87(126)110-72(51-57(11)12)84(123)103-65(35-20-27-43-94)80(119)107-71(50-56(9)10)85(124)108-68(47-53(3)4)82(121)99-60(74(96)113)30-15-22-38-89/h52-58,60-73H,15-51,89-95H2,1-14H3,(H2,96,113)(H,97,120)(H,98,112)(H,99,121)(H,100,114)(H,101,115)(H,102,122)(H,103,123)(H,104,116)(H,105,118)(H,106,117)(H,107,119)(H,108,124)(H,109,125)(H,110,126)/t58-,60-,61-,62-,63-,64-,65-,66-,67-,68-,69-,70-,71-,72-,73-/m0/s1. The normalized spacial score (nSPS) is 16.1. The molecule has 30 N–H and O–H groups in total. The van der Waals surface area contributed by atoms with Crippen LogP contribution in [-0.4, -0.2) is 242 Å². The first-order valence-corrected chi connectivity index (χ1v) is 46.8. The highest BCUT2D eigenvalue weighted by Crippen LogP contribution is 2.23. The molecule has 0 aromatic rings. The number of hydrogen-bond donors (Lipinski definition) is 22. The van der Waals surface area contributed by atoms with Gasteiger partial charge < -0.3 is 125 Å². The van der Waals surface area contributed by atoms with Crippen molar-refractivity contribution in [1.82, 2.24) is 79.3 Å². The van der Waals surface area contributed by atoms with E-state index in [4.69, 9.17) is 45.9 Å². The second-order valence-corrected chi connectivity index (χ2v) is 36.6. The van der Waals surface area contributed by atoms with Crippen LogP contribution in [0.3, 0.4) is 0 Å². The van der Waals surface area contributed by atoms with Gasteiger partial charge in [-0.15, -0.1) is 0 Å². The zero-order chi connectivity index (χ0) is 96.0. The molecule has 39 nitrogen and oxygen atoms in total. The third-order valence-electron chi connectivity index (χ3n) is 21.8. The van der Waals surface area contributed by atoms with E-state index in [1.807, 2.05) is 83.1 Å². The third kappa shape index (κ3) is 47.9. The summed E-state index contributed by atoms with van der Waals surface area (Å²) in [6, 6.07) is -18.0. The van der Waals surface area contributed by atoms with Crippen molar-refractivity contribution in [2.24, 2.45) is 81.4 Å². The highest BCUT2D eigenvalue weighted by atomic mass is 16.2. The van der Waals surface area contributed by atoms with E-state index in [0.717, 1.165) is 0 Å². The molecule has 1 heterocycles. The second kappa shape index (κ2) is 64.9. The van der Waals surface area contributed by atoms with Crippen molar-refractivity contribution >= 4 is 94.5 Å². The predicted octanol–water partition coefficient (Wildman–Crippen LogP) is -0.531. The Morgan fingerprint density at radius 1 is 0.260 bits per heavy atom. The van der Waals surface area contributed by atoms with Gasteiger partial charge in [0, 0.05) is 13.5 Å². The molecule has 1 rings (SSSR count). The molecule has 1 saturated heterocycles. The Balaban J connectivity index is 3.69. The highest BCUT2D eigenvalue weighted by Gasteiger charge is 2.42. The largest absolute Gasteiger partial charge is 0.368 e. The van der Waals surface area contributed by atoms with Gasteiger partial charge in [0.15, 0.2) is 0 Å². The van der Waals surface area contributed by atoms with Gasteiger partial charge in [0.05, 0.1) is 0 Å². The van der Waals surface area contributed by atoms with Crippen LogP contribution in [0.1, 0.15) is 283 Å². The number of carbonyl (C=O) groups excluding carboxylic acids is 16. The van der Waals surface area contributed by atoms with E-state index in [-0.39, 0.29) is 158 Å². The van der Waals surface area contributed by atoms with Crippen LogP contribution in [0, 0.1) is 35.5 Å². The molecule has 0 aliphatic carbocycles. The number of carbonyl (C=O) groups is 16. The molecule has 0 unspecified atom stereocenters. The second-order valence-electron chi connectivity index (χ2n) is 36.6. The minimum Gasteiger partial charge on any atom is -0.368 e. The summed E-state index contributed by atoms with van der Waals surface area (Å²) in [6.07, 6.45) is 8.45. The van der Waals surface area contributed by atoms with Crippen LogP contribution < -0.4 is 120 Å². The lowest BCUT2D eigenvalue weighted by Crippen LogP contribution is -2.61. The van der Waals surface area contributed by atoms with Gasteiger partial charge in [0.1, 0.15) is 90.6 Å². The number of likely N-dealkylation sites (tertiary alicyclic amines) is 1. The smallest absolute Gasteiger partial charge is 0.245 e. The Bertz CT molecular complexity index is 3370. The summed E-state index contributed by atoms with van der Waals surface area (Å²) >= 11 is 0. The molecule has 127 heavy (non-hydrogen) atoms. The number of nitrogens with zero attached hydrogens (tertiary/aromatic N) is 1. The van der Waals surface area contributed by atoms with Crippen LogP contribution in [-0.2, 0) is 76.7 Å². The first kappa shape index (κ1) is 116. The fourth-order valence-corrected chi connectivity index (χ4v) is 15.0. The zero-order valence-corrected chi connectivity index (χ0v) is 78.9. The SMILES string of the molecule is CC(=O)N[C@@H](CCCCN)C(=O)N[C@@H](CCCCN)C(=O)N[C@@H](CC(C)C)C(=O)N[C@@H](C)C(=O)N[C@@H](CCCCN)C(=O)N[C@@H](CC(C)C)C(=O)N[C@@H](CC(C)C)C(=O)N[C@@H](CCCCN)C(=O)N[C@@H](CCCCN)C(=O)N1CCC[C@H]1C(=O)N[C@@H](CC(C)C)C(=O)N[C@@H](CCCCN)C(=O)N[C@@H](CC(C)C)C(=O)N[C@@H](CC(C)C)C(=O)N[C@@H](CCCCN)C(N)=O. The Kier molecular flexibility index (Phi) is 59.4. The molecule has 1 aliphatic heterocycles. The van der Waals surface area contributed by atoms with Crippen molar-refractivity contribution in [3.05, 3.63) is 0 Å². The van der Waals surface area contributed by atoms with Crippen LogP contribution in [0.25, 0.3) is 0 Å². The van der Waals surface area contributed by atoms with E-state index in [0.29, 0.717) is 116 Å². The van der Waals surface area contributed by atoms with Gasteiger partial charge >= 0.3 is 0 Å². The maximum Gasteiger partial charge on any atom is 0.245 e. The van der Waals surface area contributed by atoms with Crippen molar-refractivity contribution in [3.63, 3.8) is 0 Å². The van der Waals surface area contributed by atoms with Gasteiger partial charge in [0.25, 0.3) is 0 Å². The van der Waals surface area contributed by atoms with Gasteiger partial charge in [-0.2, -0.15) is 0 Å². The van der Waals surface area contributed by atoms with Crippen LogP contribution >= 0.6 is 0 Å². The van der Waals surface area contributed by atoms with E-state index < -0.39 is 185 Å². The molecule has 16 amide bonds. The first-order valence-electron chi connectivity index (χ1n) is 46.8. The summed E-state index contributed by atoms with van der Waals surface area (Å²) < 4.78 is 0. The fraction of sp³-hybridized carbons (Fsp3) is 0.818. The number of unbranched alkanes of at least 4 members (excludes halogenated alkanes) is 7. The van der Waals surface area contributed by atoms with Crippen LogP contribution in [0.5, 0.6) is 0 Å². The van der Waals surface area contributed by atoms with Gasteiger partial charge in [-0.3, -0.25) is 76.7 Å². The van der Waals surface area contributed by atoms with Crippen molar-refractivity contribution < 1.29 is 76.7 Å². The van der Waals surface area contributed by atoms with Crippen LogP contribution in [0.2, 0.25) is 0 Å². The maximum absolute atomic E-state index is 15.1. The minimum absolute atomic E-state index is 0.0349. The van der Waals surface area contributed by atoms with Crippen molar-refractivity contribution in [2.75, 3.05) is 52.4 Å². The molecular weight excluding hydrogens is 1640 g/mol. The maximum atomic E-state index is 15.1. The number of amides is 16. The topological polar surface area (TPSA) is 653 Å². The van der Waals surface area contributed by atoms with Gasteiger partial charge in [-0.05, 0) is 274 Å². The van der Waals surface area contributed by atoms with E-state index in [1.165, 1.54) is 18.7 Å². The lowest BCUT2D eigenvalue weighted by Gasteiger charge is -2.32. The van der Waals surface area contributed by atoms with Crippen molar-refractivity contribution in [2.45, 2.75) is 374 Å². The molecule has 1 aliphatic rings. The average molecular weight is 1800 g/mol. The minimum atomic E-state index is -1.31. The summed E-state index contributed by atoms with van der Waals surface area (Å²) in [4.78, 5) is 229. The Labute approximate surface area is 754 Å². The molecular formula is C88H167N23O16. The number of rotatable bonds is 69. The number of nitrogens with one attached hydrogen (secondary N) is 14. The predicted molar refractivity (Wildman–Crippen MR) is 489 cm³/mol. The number of nitrogens with two attached hydrogens (primary N) is 8. The lowest BCUT2D eigenvalue weighted by atomic mass is 9.98. The van der Waals surface area contributed by atoms with Gasteiger partial charge in [0.2, 0.25) is 94.5 Å². The fourth-order valence-electron chi connectivity index (χ4n) is 15.0. The van der Waals surface area contributed by atoms with Crippen molar-refractivity contribution in [1.29, 1.82) is 0 Å². The molecule has 1 fully saturated rings. The monoisotopic (exact) mass is 1800 g/mol. The molecule has 0 spiro atoms. The Morgan fingerprint density at radius 2 is 0.465 bits per heavy atom. The van der Waals surface area contributed by atoms with Crippen molar-refractivity contribution in [3.8, 4) is 0 Å². The van der Waals surface area contributed by atoms with Crippen LogP contribution in [0.15, 0.2) is 0 Å². The molecule has 0 bridgehead atoms. The molecule has 39 heteroatoms. The van der Waals surface area contributed by atoms with Gasteiger partial charge in [-0.1, -0.05) is 83.1 Å². The molecule has 0 aromatic carbocycles. The molecule has 730 valence electrons. The highest BCUT2D eigenvalue weighted by molar-refractivity contribution is 6.01. The zero-order valence-electron chi connectivity index (χ0n) is 78.9. The number of hydrogen-bond acceptors (Lipinski definition) is 23. The summed E-state index contributed by atoms with van der Waals surface area (Å²) in [7, 11) is 0. The molecule has 0 saturated carbocycles. The van der Waals surface area contributed by atoms with E-state index in [1.54, 1.807) is 0 Å². The summed E-state index contributed by atoms with van der Waals surface area (Å²) in [5.74, 6) is -12.1. The summed E-state index contributed by atoms with van der Waals surface area (Å²) in [6.45, 7) is 26.8. The molecule has 0 radical (unpaired) electrons. The summed E-state index contributed by atoms with van der Waals surface area (Å²) in [5, 5.41) is 38.9. The number of primary amides is 1. The van der Waals surface area contributed by atoms with E-state index in [2.05, 4.69) is 74.4 Å². The Morgan fingerprint density at radius 3 is 0.717 bits per heavy atom. The lowest BCUT2D eigenvalue weighted by molar-refractivity contribution is -0.143. The Hall–Kier alpha value is -8.76. The third-order valence-corrected chi connectivity index (χ3v) is 21.8. The van der Waals surface area contributed by atoms with E-state index >= 15 is 4.79 Å². The average Bonchev–Trinajstić information content (AvgIpc) is 1.79. The quantitative estimate of drug-likeness (QED) is 0.0340. The van der Waals surface area contributed by atoms with Crippen LogP contribution in [0.4, 0.5) is 0 Å². The molecule has 15 atom stereocenters. The van der Waals surface area contributed by atoms with E-state index in [9.17, 15) is 71.9 Å².